The molecule has 166 valence electrons. The Morgan fingerprint density at radius 2 is 1.94 bits per heavy atom. The number of benzene rings is 2. The minimum Gasteiger partial charge on any atom is -0.488 e. The molecule has 0 saturated carbocycles. The molecule has 1 saturated heterocycles. The Labute approximate surface area is 181 Å². The van der Waals surface area contributed by atoms with E-state index in [4.69, 9.17) is 9.15 Å². The Kier molecular flexibility index (Phi) is 7.35. The van der Waals surface area contributed by atoms with Crippen LogP contribution in [0.15, 0.2) is 40.8 Å². The molecule has 4 rings (SSSR count). The van der Waals surface area contributed by atoms with Gasteiger partial charge in [-0.05, 0) is 74.5 Å². The molecule has 0 spiro atoms. The number of aryl methyl sites for hydroxylation is 1. The summed E-state index contributed by atoms with van der Waals surface area (Å²) in [6.45, 7) is 3.32. The van der Waals surface area contributed by atoms with Gasteiger partial charge in [0.15, 0.2) is 23.0 Å². The van der Waals surface area contributed by atoms with Gasteiger partial charge in [-0.3, -0.25) is 0 Å². The first-order chi connectivity index (χ1) is 15.2. The molecule has 0 aliphatic carbocycles. The van der Waals surface area contributed by atoms with E-state index in [1.54, 1.807) is 0 Å². The van der Waals surface area contributed by atoms with Gasteiger partial charge in [0.25, 0.3) is 6.01 Å². The van der Waals surface area contributed by atoms with Gasteiger partial charge in [-0.25, -0.2) is 8.78 Å². The molecule has 3 aromatic rings. The second-order valence-electron chi connectivity index (χ2n) is 8.12. The van der Waals surface area contributed by atoms with Gasteiger partial charge >= 0.3 is 0 Å². The van der Waals surface area contributed by atoms with Crippen molar-refractivity contribution in [3.05, 3.63) is 53.6 Å². The van der Waals surface area contributed by atoms with Crippen molar-refractivity contribution >= 4 is 17.1 Å². The molecule has 1 unspecified atom stereocenters. The standard InChI is InChI=1S/C24H29F2N3O2/c25-19-7-5-8-20(26)23(19)30-13-4-2-1-3-6-17-9-10-21-22(14-17)31-24(29-21)28-16-18-11-12-27-15-18/h5,7-10,14,18,27H,1-4,6,11-13,15-16H2,(H,28,29). The summed E-state index contributed by atoms with van der Waals surface area (Å²) in [5.74, 6) is -0.966. The average molecular weight is 430 g/mol. The number of unbranched alkanes of at least 4 members (excludes halogenated alkanes) is 3. The van der Waals surface area contributed by atoms with Gasteiger partial charge in [-0.15, -0.1) is 0 Å². The van der Waals surface area contributed by atoms with Gasteiger partial charge in [0.1, 0.15) is 5.52 Å². The lowest BCUT2D eigenvalue weighted by atomic mass is 10.1. The van der Waals surface area contributed by atoms with Crippen molar-refractivity contribution in [1.82, 2.24) is 10.3 Å². The Morgan fingerprint density at radius 3 is 2.74 bits per heavy atom. The predicted molar refractivity (Wildman–Crippen MR) is 118 cm³/mol. The molecule has 31 heavy (non-hydrogen) atoms. The van der Waals surface area contributed by atoms with Crippen molar-refractivity contribution < 1.29 is 17.9 Å². The van der Waals surface area contributed by atoms with Gasteiger partial charge in [-0.2, -0.15) is 4.98 Å². The summed E-state index contributed by atoms with van der Waals surface area (Å²) < 4.78 is 38.1. The monoisotopic (exact) mass is 429 g/mol. The smallest absolute Gasteiger partial charge is 0.295 e. The number of aromatic nitrogens is 1. The van der Waals surface area contributed by atoms with Gasteiger partial charge < -0.3 is 19.8 Å². The highest BCUT2D eigenvalue weighted by molar-refractivity contribution is 5.75. The summed E-state index contributed by atoms with van der Waals surface area (Å²) in [6, 6.07) is 10.5. The van der Waals surface area contributed by atoms with Crippen LogP contribution in [0.1, 0.15) is 37.7 Å². The highest BCUT2D eigenvalue weighted by atomic mass is 19.1. The first-order valence-corrected chi connectivity index (χ1v) is 11.1. The normalized spacial score (nSPS) is 16.1. The summed E-state index contributed by atoms with van der Waals surface area (Å²) >= 11 is 0. The van der Waals surface area contributed by atoms with Crippen molar-refractivity contribution in [2.75, 3.05) is 31.6 Å². The number of anilines is 1. The summed E-state index contributed by atoms with van der Waals surface area (Å²) in [7, 11) is 0. The highest BCUT2D eigenvalue weighted by Crippen LogP contribution is 2.23. The average Bonchev–Trinajstić information content (AvgIpc) is 3.42. The Hall–Kier alpha value is -2.67. The highest BCUT2D eigenvalue weighted by Gasteiger charge is 2.15. The van der Waals surface area contributed by atoms with Gasteiger partial charge in [0.2, 0.25) is 0 Å². The molecule has 0 radical (unpaired) electrons. The number of hydrogen-bond donors (Lipinski definition) is 2. The Bertz CT molecular complexity index is 966. The second kappa shape index (κ2) is 10.6. The third-order valence-electron chi connectivity index (χ3n) is 5.68. The van der Waals surface area contributed by atoms with Crippen LogP contribution in [-0.4, -0.2) is 31.2 Å². The van der Waals surface area contributed by atoms with Crippen LogP contribution in [-0.2, 0) is 6.42 Å². The maximum absolute atomic E-state index is 13.5. The van der Waals surface area contributed by atoms with Crippen LogP contribution in [0.2, 0.25) is 0 Å². The lowest BCUT2D eigenvalue weighted by Gasteiger charge is -2.08. The van der Waals surface area contributed by atoms with E-state index in [1.807, 2.05) is 6.07 Å². The van der Waals surface area contributed by atoms with Crippen LogP contribution in [0, 0.1) is 17.6 Å². The molecule has 2 aromatic carbocycles. The topological polar surface area (TPSA) is 59.3 Å². The Balaban J connectivity index is 1.16. The molecule has 1 aliphatic rings. The molecule has 2 N–H and O–H groups in total. The van der Waals surface area contributed by atoms with Crippen molar-refractivity contribution in [1.29, 1.82) is 0 Å². The maximum Gasteiger partial charge on any atom is 0.295 e. The molecule has 1 fully saturated rings. The van der Waals surface area contributed by atoms with Crippen LogP contribution in [0.5, 0.6) is 5.75 Å². The summed E-state index contributed by atoms with van der Waals surface area (Å²) in [5.41, 5.74) is 2.90. The number of fused-ring (bicyclic) bond motifs is 1. The van der Waals surface area contributed by atoms with Crippen LogP contribution >= 0.6 is 0 Å². The van der Waals surface area contributed by atoms with Crippen molar-refractivity contribution in [2.45, 2.75) is 38.5 Å². The lowest BCUT2D eigenvalue weighted by molar-refractivity contribution is 0.275. The molecule has 0 bridgehead atoms. The van der Waals surface area contributed by atoms with Gasteiger partial charge in [0, 0.05) is 6.54 Å². The van der Waals surface area contributed by atoms with Crippen molar-refractivity contribution in [2.24, 2.45) is 5.92 Å². The summed E-state index contributed by atoms with van der Waals surface area (Å²) in [4.78, 5) is 4.52. The molecule has 1 aromatic heterocycles. The predicted octanol–water partition coefficient (Wildman–Crippen LogP) is 5.31. The third-order valence-corrected chi connectivity index (χ3v) is 5.68. The van der Waals surface area contributed by atoms with E-state index in [0.717, 1.165) is 62.8 Å². The number of nitrogens with one attached hydrogen (secondary N) is 2. The molecule has 1 aliphatic heterocycles. The van der Waals surface area contributed by atoms with Crippen LogP contribution in [0.3, 0.4) is 0 Å². The molecule has 7 heteroatoms. The minimum absolute atomic E-state index is 0.281. The Morgan fingerprint density at radius 1 is 1.10 bits per heavy atom. The summed E-state index contributed by atoms with van der Waals surface area (Å²) in [6.07, 6.45) is 5.91. The minimum atomic E-state index is -0.656. The van der Waals surface area contributed by atoms with E-state index in [-0.39, 0.29) is 5.75 Å². The largest absolute Gasteiger partial charge is 0.488 e. The SMILES string of the molecule is Fc1cccc(F)c1OCCCCCCc1ccc2nc(NCC3CCNC3)oc2c1. The number of hydrogen-bond acceptors (Lipinski definition) is 5. The molecule has 0 amide bonds. The van der Waals surface area contributed by atoms with Gasteiger partial charge in [0.05, 0.1) is 6.61 Å². The van der Waals surface area contributed by atoms with E-state index in [0.29, 0.717) is 18.5 Å². The first kappa shape index (κ1) is 21.6. The van der Waals surface area contributed by atoms with E-state index >= 15 is 0 Å². The van der Waals surface area contributed by atoms with Crippen molar-refractivity contribution in [3.63, 3.8) is 0 Å². The molecular weight excluding hydrogens is 400 g/mol. The van der Waals surface area contributed by atoms with E-state index in [1.165, 1.54) is 30.2 Å². The zero-order chi connectivity index (χ0) is 21.5. The molecule has 2 heterocycles. The fraction of sp³-hybridized carbons (Fsp3) is 0.458. The third kappa shape index (κ3) is 5.94. The second-order valence-corrected chi connectivity index (χ2v) is 8.12. The number of nitrogens with zero attached hydrogens (tertiary/aromatic N) is 1. The lowest BCUT2D eigenvalue weighted by Crippen LogP contribution is -2.17. The zero-order valence-corrected chi connectivity index (χ0v) is 17.6. The fourth-order valence-electron chi connectivity index (χ4n) is 3.90. The zero-order valence-electron chi connectivity index (χ0n) is 17.6. The van der Waals surface area contributed by atoms with Crippen LogP contribution in [0.25, 0.3) is 11.1 Å². The first-order valence-electron chi connectivity index (χ1n) is 11.1. The number of ether oxygens (including phenoxy) is 1. The molecule has 1 atom stereocenters. The molecule has 5 nitrogen and oxygen atoms in total. The number of rotatable bonds is 11. The number of para-hydroxylation sites is 1. The van der Waals surface area contributed by atoms with Crippen LogP contribution in [0.4, 0.5) is 14.8 Å². The summed E-state index contributed by atoms with van der Waals surface area (Å²) in [5, 5.41) is 6.67. The van der Waals surface area contributed by atoms with Crippen LogP contribution < -0.4 is 15.4 Å². The van der Waals surface area contributed by atoms with Gasteiger partial charge in [-0.1, -0.05) is 25.0 Å². The maximum atomic E-state index is 13.5. The number of oxazole rings is 1. The fourth-order valence-corrected chi connectivity index (χ4v) is 3.90. The van der Waals surface area contributed by atoms with E-state index < -0.39 is 11.6 Å². The quantitative estimate of drug-likeness (QED) is 0.405. The number of halogens is 2. The van der Waals surface area contributed by atoms with E-state index in [2.05, 4.69) is 27.8 Å². The van der Waals surface area contributed by atoms with Crippen molar-refractivity contribution in [3.8, 4) is 5.75 Å². The molecular formula is C24H29F2N3O2. The van der Waals surface area contributed by atoms with E-state index in [9.17, 15) is 8.78 Å².